The molecule has 0 fully saturated rings. The smallest absolute Gasteiger partial charge is 0.200 e. The van der Waals surface area contributed by atoms with E-state index in [1.54, 1.807) is 24.3 Å². The Hall–Kier alpha value is -1.98. The van der Waals surface area contributed by atoms with Gasteiger partial charge in [-0.1, -0.05) is 24.3 Å². The minimum Gasteiger partial charge on any atom is -0.200 e. The molecule has 1 aromatic heterocycles. The number of nitrogens with one attached hydrogen (secondary N) is 1. The SMILES string of the molecule is CSc1ccc(-c2cc(C(F)(F)F)nn2NS(=O)(=O)c2ccccc2)cc1Br. The number of hydrogen-bond donors (Lipinski definition) is 1. The molecule has 0 aliphatic heterocycles. The zero-order chi connectivity index (χ0) is 20.5. The summed E-state index contributed by atoms with van der Waals surface area (Å²) in [4.78, 5) is 3.52. The van der Waals surface area contributed by atoms with Gasteiger partial charge in [-0.15, -0.1) is 16.9 Å². The molecule has 0 saturated heterocycles. The van der Waals surface area contributed by atoms with Crippen LogP contribution in [0.1, 0.15) is 5.69 Å². The molecule has 0 amide bonds. The molecule has 1 heterocycles. The fourth-order valence-corrected chi connectivity index (χ4v) is 4.70. The minimum absolute atomic E-state index is 0.0415. The van der Waals surface area contributed by atoms with Gasteiger partial charge < -0.3 is 0 Å². The van der Waals surface area contributed by atoms with Crippen molar-refractivity contribution in [2.45, 2.75) is 16.0 Å². The van der Waals surface area contributed by atoms with E-state index in [-0.39, 0.29) is 10.6 Å². The topological polar surface area (TPSA) is 64.0 Å². The minimum atomic E-state index is -4.73. The predicted molar refractivity (Wildman–Crippen MR) is 105 cm³/mol. The summed E-state index contributed by atoms with van der Waals surface area (Å²) < 4.78 is 65.3. The summed E-state index contributed by atoms with van der Waals surface area (Å²) in [5.74, 6) is 0. The lowest BCUT2D eigenvalue weighted by Gasteiger charge is -2.12. The van der Waals surface area contributed by atoms with Crippen LogP contribution in [-0.4, -0.2) is 24.6 Å². The highest BCUT2D eigenvalue weighted by Gasteiger charge is 2.35. The number of nitrogens with zero attached hydrogens (tertiary/aromatic N) is 2. The van der Waals surface area contributed by atoms with E-state index < -0.39 is 21.9 Å². The average Bonchev–Trinajstić information content (AvgIpc) is 3.06. The van der Waals surface area contributed by atoms with Gasteiger partial charge in [-0.2, -0.15) is 31.2 Å². The Labute approximate surface area is 172 Å². The van der Waals surface area contributed by atoms with Crippen LogP contribution in [0.5, 0.6) is 0 Å². The largest absolute Gasteiger partial charge is 0.435 e. The Balaban J connectivity index is 2.10. The maximum atomic E-state index is 13.2. The Morgan fingerprint density at radius 3 is 2.36 bits per heavy atom. The van der Waals surface area contributed by atoms with Crippen LogP contribution >= 0.6 is 27.7 Å². The molecule has 28 heavy (non-hydrogen) atoms. The van der Waals surface area contributed by atoms with E-state index in [1.165, 1.54) is 36.0 Å². The van der Waals surface area contributed by atoms with Gasteiger partial charge in [0.25, 0.3) is 10.0 Å². The maximum Gasteiger partial charge on any atom is 0.435 e. The first-order valence-corrected chi connectivity index (χ1v) is 11.2. The number of aromatic nitrogens is 2. The second kappa shape index (κ2) is 7.80. The van der Waals surface area contributed by atoms with Gasteiger partial charge >= 0.3 is 6.18 Å². The summed E-state index contributed by atoms with van der Waals surface area (Å²) in [5.41, 5.74) is -0.882. The van der Waals surface area contributed by atoms with Crippen molar-refractivity contribution in [3.63, 3.8) is 0 Å². The van der Waals surface area contributed by atoms with Crippen molar-refractivity contribution in [1.29, 1.82) is 0 Å². The van der Waals surface area contributed by atoms with Crippen LogP contribution in [0.25, 0.3) is 11.3 Å². The summed E-state index contributed by atoms with van der Waals surface area (Å²) in [6.45, 7) is 0. The van der Waals surface area contributed by atoms with E-state index in [4.69, 9.17) is 0 Å². The van der Waals surface area contributed by atoms with E-state index in [2.05, 4.69) is 25.9 Å². The molecule has 1 N–H and O–H groups in total. The van der Waals surface area contributed by atoms with E-state index in [0.717, 1.165) is 11.0 Å². The number of sulfonamides is 1. The summed E-state index contributed by atoms with van der Waals surface area (Å²) in [7, 11) is -4.13. The van der Waals surface area contributed by atoms with Gasteiger partial charge in [0.1, 0.15) is 0 Å². The van der Waals surface area contributed by atoms with Gasteiger partial charge in [0.15, 0.2) is 5.69 Å². The van der Waals surface area contributed by atoms with Crippen LogP contribution in [0.2, 0.25) is 0 Å². The van der Waals surface area contributed by atoms with Crippen molar-refractivity contribution < 1.29 is 21.6 Å². The first-order chi connectivity index (χ1) is 13.1. The van der Waals surface area contributed by atoms with Crippen molar-refractivity contribution >= 4 is 37.7 Å². The number of hydrogen-bond acceptors (Lipinski definition) is 4. The van der Waals surface area contributed by atoms with E-state index >= 15 is 0 Å². The molecule has 0 radical (unpaired) electrons. The number of alkyl halides is 3. The monoisotopic (exact) mass is 491 g/mol. The van der Waals surface area contributed by atoms with Crippen LogP contribution in [0, 0.1) is 0 Å². The van der Waals surface area contributed by atoms with E-state index in [1.807, 2.05) is 6.26 Å². The molecule has 3 rings (SSSR count). The average molecular weight is 492 g/mol. The van der Waals surface area contributed by atoms with Crippen molar-refractivity contribution in [2.75, 3.05) is 11.1 Å². The van der Waals surface area contributed by atoms with Crippen LogP contribution in [0.4, 0.5) is 13.2 Å². The zero-order valence-corrected chi connectivity index (χ0v) is 17.5. The van der Waals surface area contributed by atoms with Crippen LogP contribution in [0.3, 0.4) is 0 Å². The fourth-order valence-electron chi connectivity index (χ4n) is 2.39. The normalized spacial score (nSPS) is 12.2. The lowest BCUT2D eigenvalue weighted by Crippen LogP contribution is -2.25. The molecule has 148 valence electrons. The van der Waals surface area contributed by atoms with Crippen molar-refractivity contribution in [1.82, 2.24) is 9.89 Å². The number of benzene rings is 2. The van der Waals surface area contributed by atoms with Crippen LogP contribution in [-0.2, 0) is 16.2 Å². The van der Waals surface area contributed by atoms with Gasteiger partial charge in [-0.3, -0.25) is 0 Å². The highest BCUT2D eigenvalue weighted by atomic mass is 79.9. The quantitative estimate of drug-likeness (QED) is 0.510. The van der Waals surface area contributed by atoms with Gasteiger partial charge in [-0.05, 0) is 52.5 Å². The molecule has 5 nitrogen and oxygen atoms in total. The zero-order valence-electron chi connectivity index (χ0n) is 14.2. The van der Waals surface area contributed by atoms with E-state index in [9.17, 15) is 21.6 Å². The maximum absolute atomic E-state index is 13.2. The molecule has 0 aliphatic carbocycles. The second-order valence-electron chi connectivity index (χ2n) is 5.58. The molecule has 0 unspecified atom stereocenters. The lowest BCUT2D eigenvalue weighted by molar-refractivity contribution is -0.141. The third-order valence-electron chi connectivity index (χ3n) is 3.71. The molecule has 0 aliphatic rings. The van der Waals surface area contributed by atoms with Crippen molar-refractivity contribution in [2.24, 2.45) is 0 Å². The summed E-state index contributed by atoms with van der Waals surface area (Å²) in [6, 6.07) is 13.0. The molecular weight excluding hydrogens is 479 g/mol. The highest BCUT2D eigenvalue weighted by Crippen LogP contribution is 2.34. The lowest BCUT2D eigenvalue weighted by atomic mass is 10.1. The molecular formula is C17H13BrF3N3O2S2. The number of thioether (sulfide) groups is 1. The molecule has 0 atom stereocenters. The van der Waals surface area contributed by atoms with Crippen molar-refractivity contribution in [3.05, 3.63) is 64.8 Å². The van der Waals surface area contributed by atoms with Gasteiger partial charge in [0, 0.05) is 14.9 Å². The summed E-state index contributed by atoms with van der Waals surface area (Å²) >= 11 is 4.82. The first-order valence-electron chi connectivity index (χ1n) is 7.71. The Bertz CT molecular complexity index is 1100. The van der Waals surface area contributed by atoms with Crippen LogP contribution in [0.15, 0.2) is 68.9 Å². The van der Waals surface area contributed by atoms with Crippen LogP contribution < -0.4 is 4.83 Å². The molecule has 3 aromatic rings. The Kier molecular flexibility index (Phi) is 5.78. The fraction of sp³-hybridized carbons (Fsp3) is 0.118. The third kappa shape index (κ3) is 4.36. The standard InChI is InChI=1S/C17H13BrF3N3O2S2/c1-27-15-8-7-11(9-13(15)18)14-10-16(17(19,20)21)22-24(14)23-28(25,26)12-5-3-2-4-6-12/h2-10,23H,1H3. The number of rotatable bonds is 5. The predicted octanol–water partition coefficient (Wildman–Crippen LogP) is 4.99. The van der Waals surface area contributed by atoms with Gasteiger partial charge in [0.2, 0.25) is 0 Å². The molecule has 0 bridgehead atoms. The molecule has 11 heteroatoms. The second-order valence-corrected chi connectivity index (χ2v) is 8.94. The Morgan fingerprint density at radius 1 is 1.11 bits per heavy atom. The summed E-state index contributed by atoms with van der Waals surface area (Å²) in [6.07, 6.45) is -2.87. The highest BCUT2D eigenvalue weighted by molar-refractivity contribution is 9.10. The third-order valence-corrected chi connectivity index (χ3v) is 6.73. The Morgan fingerprint density at radius 2 is 1.79 bits per heavy atom. The molecule has 0 spiro atoms. The first kappa shape index (κ1) is 20.7. The summed E-state index contributed by atoms with van der Waals surface area (Å²) in [5, 5.41) is 3.42. The molecule has 2 aromatic carbocycles. The van der Waals surface area contributed by atoms with Crippen molar-refractivity contribution in [3.8, 4) is 11.3 Å². The molecule has 0 saturated carbocycles. The van der Waals surface area contributed by atoms with Gasteiger partial charge in [-0.25, -0.2) is 0 Å². The van der Waals surface area contributed by atoms with E-state index in [0.29, 0.717) is 14.8 Å². The van der Waals surface area contributed by atoms with Gasteiger partial charge in [0.05, 0.1) is 10.6 Å². The number of halogens is 4.